The zero-order valence-electron chi connectivity index (χ0n) is 16.8. The molecule has 3 heterocycles. The van der Waals surface area contributed by atoms with Crippen LogP contribution in [0.2, 0.25) is 0 Å². The number of thioether (sulfide) groups is 1. The van der Waals surface area contributed by atoms with E-state index in [0.717, 1.165) is 47.3 Å². The third kappa shape index (κ3) is 3.76. The maximum atomic E-state index is 13.2. The molecule has 4 aliphatic rings. The van der Waals surface area contributed by atoms with Crippen molar-refractivity contribution < 1.29 is 22.6 Å². The third-order valence-electron chi connectivity index (χ3n) is 5.80. The van der Waals surface area contributed by atoms with Gasteiger partial charge in [-0.1, -0.05) is 0 Å². The molecule has 30 heavy (non-hydrogen) atoms. The van der Waals surface area contributed by atoms with Gasteiger partial charge in [-0.25, -0.2) is 22.9 Å². The Hall–Kier alpha value is -1.56. The highest BCUT2D eigenvalue weighted by Crippen LogP contribution is 2.42. The highest BCUT2D eigenvalue weighted by molar-refractivity contribution is 8.27. The maximum absolute atomic E-state index is 13.2. The van der Waals surface area contributed by atoms with Crippen LogP contribution in [0.25, 0.3) is 0 Å². The predicted octanol–water partition coefficient (Wildman–Crippen LogP) is 2.41. The smallest absolute Gasteiger partial charge is 0.250 e. The SMILES string of the molecule is Cc1ncc(CN2C(=O)C3C=C(S(=O)(=O)NC4(C)CC4)SC3=[N+](CC3CC3)C2=O)s1. The number of aromatic nitrogens is 1. The van der Waals surface area contributed by atoms with Crippen molar-refractivity contribution >= 4 is 50.1 Å². The fourth-order valence-electron chi connectivity index (χ4n) is 3.63. The van der Waals surface area contributed by atoms with Crippen LogP contribution in [0.3, 0.4) is 0 Å². The highest BCUT2D eigenvalue weighted by atomic mass is 32.3. The van der Waals surface area contributed by atoms with Gasteiger partial charge in [-0.15, -0.1) is 11.3 Å². The molecule has 1 aromatic heterocycles. The first kappa shape index (κ1) is 20.3. The van der Waals surface area contributed by atoms with Gasteiger partial charge in [-0.05, 0) is 63.3 Å². The summed E-state index contributed by atoms with van der Waals surface area (Å²) in [5, 5.41) is 1.39. The summed E-state index contributed by atoms with van der Waals surface area (Å²) in [5.74, 6) is -0.699. The number of nitrogens with zero attached hydrogens (tertiary/aromatic N) is 3. The quantitative estimate of drug-likeness (QED) is 0.618. The average Bonchev–Trinajstić information content (AvgIpc) is 3.53. The van der Waals surface area contributed by atoms with E-state index in [2.05, 4.69) is 9.71 Å². The molecule has 3 amide bonds. The summed E-state index contributed by atoms with van der Waals surface area (Å²) in [7, 11) is -3.73. The second-order valence-corrected chi connectivity index (χ2v) is 13.0. The minimum absolute atomic E-state index is 0.119. The molecule has 2 saturated carbocycles. The van der Waals surface area contributed by atoms with E-state index in [-0.39, 0.29) is 22.7 Å². The van der Waals surface area contributed by atoms with Crippen LogP contribution in [0.4, 0.5) is 4.79 Å². The van der Waals surface area contributed by atoms with Gasteiger partial charge in [-0.3, -0.25) is 0 Å². The Balaban J connectivity index is 1.48. The van der Waals surface area contributed by atoms with Crippen molar-refractivity contribution in [1.29, 1.82) is 0 Å². The third-order valence-corrected chi connectivity index (χ3v) is 10.1. The first-order valence-electron chi connectivity index (χ1n) is 10.00. The Morgan fingerprint density at radius 1 is 1.33 bits per heavy atom. The fourth-order valence-corrected chi connectivity index (χ4v) is 7.47. The number of fused-ring (bicyclic) bond motifs is 1. The van der Waals surface area contributed by atoms with Crippen molar-refractivity contribution in [3.63, 3.8) is 0 Å². The number of urea groups is 1. The summed E-state index contributed by atoms with van der Waals surface area (Å²) in [4.78, 5) is 32.7. The molecule has 2 aliphatic carbocycles. The molecule has 0 bridgehead atoms. The van der Waals surface area contributed by atoms with Gasteiger partial charge in [0.1, 0.15) is 16.7 Å². The Kier molecular flexibility index (Phi) is 4.73. The van der Waals surface area contributed by atoms with Crippen molar-refractivity contribution in [2.24, 2.45) is 11.8 Å². The van der Waals surface area contributed by atoms with Crippen LogP contribution in [0, 0.1) is 18.8 Å². The van der Waals surface area contributed by atoms with Gasteiger partial charge in [0.15, 0.2) is 5.04 Å². The predicted molar refractivity (Wildman–Crippen MR) is 115 cm³/mol. The second kappa shape index (κ2) is 6.98. The molecule has 0 aromatic carbocycles. The van der Waals surface area contributed by atoms with E-state index in [4.69, 9.17) is 0 Å². The van der Waals surface area contributed by atoms with Crippen molar-refractivity contribution in [1.82, 2.24) is 14.6 Å². The topological polar surface area (TPSA) is 99.5 Å². The van der Waals surface area contributed by atoms with E-state index in [1.807, 2.05) is 13.8 Å². The lowest BCUT2D eigenvalue weighted by Crippen LogP contribution is -2.52. The summed E-state index contributed by atoms with van der Waals surface area (Å²) < 4.78 is 30.3. The van der Waals surface area contributed by atoms with Crippen molar-refractivity contribution in [3.05, 3.63) is 26.4 Å². The molecule has 1 atom stereocenters. The molecule has 11 heteroatoms. The van der Waals surface area contributed by atoms with Crippen molar-refractivity contribution in [3.8, 4) is 0 Å². The number of amides is 3. The lowest BCUT2D eigenvalue weighted by Gasteiger charge is -2.23. The summed E-state index contributed by atoms with van der Waals surface area (Å²) >= 11 is 2.49. The molecule has 160 valence electrons. The molecule has 1 aromatic rings. The van der Waals surface area contributed by atoms with Gasteiger partial charge < -0.3 is 0 Å². The largest absolute Gasteiger partial charge is 0.501 e. The number of hydrogen-bond acceptors (Lipinski definition) is 7. The second-order valence-electron chi connectivity index (χ2n) is 8.68. The monoisotopic (exact) mass is 467 g/mol. The molecule has 0 radical (unpaired) electrons. The van der Waals surface area contributed by atoms with E-state index in [1.54, 1.807) is 10.8 Å². The molecule has 2 fully saturated rings. The number of carbonyl (C=O) groups excluding carboxylic acids is 2. The van der Waals surface area contributed by atoms with Crippen LogP contribution in [0.15, 0.2) is 16.5 Å². The zero-order chi connectivity index (χ0) is 21.3. The number of thiazole rings is 1. The summed E-state index contributed by atoms with van der Waals surface area (Å²) in [5.41, 5.74) is -0.401. The zero-order valence-corrected chi connectivity index (χ0v) is 19.2. The van der Waals surface area contributed by atoms with Crippen LogP contribution >= 0.6 is 23.1 Å². The van der Waals surface area contributed by atoms with Crippen molar-refractivity contribution in [2.45, 2.75) is 51.6 Å². The minimum Gasteiger partial charge on any atom is -0.250 e. The molecule has 0 spiro atoms. The number of nitrogens with one attached hydrogen (secondary N) is 1. The Labute approximate surface area is 183 Å². The molecule has 0 saturated heterocycles. The van der Waals surface area contributed by atoms with Crippen LogP contribution in [-0.4, -0.2) is 51.9 Å². The average molecular weight is 468 g/mol. The molecular formula is C19H23N4O4S3+. The molecule has 5 rings (SSSR count). The lowest BCUT2D eigenvalue weighted by molar-refractivity contribution is -0.441. The van der Waals surface area contributed by atoms with Crippen LogP contribution in [0.1, 0.15) is 42.5 Å². The Morgan fingerprint density at radius 3 is 2.67 bits per heavy atom. The number of carbonyl (C=O) groups is 2. The van der Waals surface area contributed by atoms with E-state index in [9.17, 15) is 18.0 Å². The maximum Gasteiger partial charge on any atom is 0.501 e. The van der Waals surface area contributed by atoms with Crippen molar-refractivity contribution in [2.75, 3.05) is 6.54 Å². The van der Waals surface area contributed by atoms with E-state index >= 15 is 0 Å². The van der Waals surface area contributed by atoms with E-state index < -0.39 is 21.5 Å². The van der Waals surface area contributed by atoms with Crippen LogP contribution in [0.5, 0.6) is 0 Å². The number of sulfonamides is 1. The number of rotatable bonds is 7. The Bertz CT molecular complexity index is 1110. The first-order valence-corrected chi connectivity index (χ1v) is 13.1. The van der Waals surface area contributed by atoms with Gasteiger partial charge in [0, 0.05) is 11.7 Å². The molecule has 1 N–H and O–H groups in total. The van der Waals surface area contributed by atoms with Crippen LogP contribution < -0.4 is 4.72 Å². The lowest BCUT2D eigenvalue weighted by atomic mass is 10.1. The van der Waals surface area contributed by atoms with Gasteiger partial charge in [0.25, 0.3) is 0 Å². The summed E-state index contributed by atoms with van der Waals surface area (Å²) in [6, 6.07) is -0.370. The van der Waals surface area contributed by atoms with E-state index in [0.29, 0.717) is 17.5 Å². The molecule has 2 aliphatic heterocycles. The highest BCUT2D eigenvalue weighted by Gasteiger charge is 2.53. The standard InChI is InChI=1S/C19H23N4O4S3/c1-11-20-8-13(28-11)10-22-16(24)14-7-15(30(26,27)21-19(2)5-6-19)29-17(14)23(18(22)25)9-12-3-4-12/h7-8,12,14,21H,3-6,9-10H2,1-2H3/q+1. The van der Waals surface area contributed by atoms with Gasteiger partial charge in [-0.2, -0.15) is 14.3 Å². The summed E-state index contributed by atoms with van der Waals surface area (Å²) in [6.45, 7) is 4.43. The van der Waals surface area contributed by atoms with Gasteiger partial charge >= 0.3 is 11.9 Å². The van der Waals surface area contributed by atoms with Crippen LogP contribution in [-0.2, 0) is 21.4 Å². The normalized spacial score (nSPS) is 25.6. The summed E-state index contributed by atoms with van der Waals surface area (Å²) in [6.07, 6.45) is 6.89. The van der Waals surface area contributed by atoms with Gasteiger partial charge in [0.2, 0.25) is 10.0 Å². The minimum atomic E-state index is -3.73. The Morgan fingerprint density at radius 2 is 2.07 bits per heavy atom. The fraction of sp³-hybridized carbons (Fsp3) is 0.579. The van der Waals surface area contributed by atoms with E-state index in [1.165, 1.54) is 22.3 Å². The van der Waals surface area contributed by atoms with Gasteiger partial charge in [0.05, 0.1) is 16.4 Å². The number of hydrogen-bond donors (Lipinski definition) is 1. The number of imide groups is 1. The molecular weight excluding hydrogens is 444 g/mol. The molecule has 1 unspecified atom stereocenters. The number of aryl methyl sites for hydroxylation is 1. The first-order chi connectivity index (χ1) is 14.2. The molecule has 8 nitrogen and oxygen atoms in total.